The van der Waals surface area contributed by atoms with Crippen molar-refractivity contribution in [2.75, 3.05) is 32.7 Å². The maximum absolute atomic E-state index is 10.3. The van der Waals surface area contributed by atoms with Gasteiger partial charge in [0.05, 0.1) is 6.10 Å². The second-order valence-electron chi connectivity index (χ2n) is 5.61. The van der Waals surface area contributed by atoms with E-state index in [1.54, 1.807) is 18.2 Å². The van der Waals surface area contributed by atoms with E-state index in [9.17, 15) is 5.11 Å². The summed E-state index contributed by atoms with van der Waals surface area (Å²) in [5.74, 6) is 0. The first kappa shape index (κ1) is 16.1. The third-order valence-electron chi connectivity index (χ3n) is 3.89. The van der Waals surface area contributed by atoms with Crippen LogP contribution in [0.4, 0.5) is 0 Å². The van der Waals surface area contributed by atoms with E-state index < -0.39 is 6.10 Å². The van der Waals surface area contributed by atoms with E-state index in [2.05, 4.69) is 23.6 Å². The standard InChI is InChI=1S/C15H22Cl2N2O/c1-11(2)19-7-5-18(6-8-19)10-15(20)13-4-3-12(16)9-14(13)17/h3-4,9,11,15,20H,5-8,10H2,1-2H3. The van der Waals surface area contributed by atoms with Crippen LogP contribution in [0.5, 0.6) is 0 Å². The van der Waals surface area contributed by atoms with Crippen LogP contribution in [0.1, 0.15) is 25.5 Å². The van der Waals surface area contributed by atoms with Crippen LogP contribution in [0.2, 0.25) is 10.0 Å². The van der Waals surface area contributed by atoms with Crippen LogP contribution >= 0.6 is 23.2 Å². The molecule has 1 aliphatic heterocycles. The van der Waals surface area contributed by atoms with Gasteiger partial charge in [-0.25, -0.2) is 0 Å². The number of aliphatic hydroxyl groups is 1. The molecule has 1 N–H and O–H groups in total. The Balaban J connectivity index is 1.90. The Bertz CT molecular complexity index is 445. The molecular weight excluding hydrogens is 295 g/mol. The lowest BCUT2D eigenvalue weighted by Crippen LogP contribution is -2.49. The van der Waals surface area contributed by atoms with Gasteiger partial charge in [-0.2, -0.15) is 0 Å². The molecule has 1 atom stereocenters. The predicted molar refractivity (Wildman–Crippen MR) is 84.6 cm³/mol. The smallest absolute Gasteiger partial charge is 0.0931 e. The molecule has 0 radical (unpaired) electrons. The molecule has 0 bridgehead atoms. The minimum atomic E-state index is -0.564. The first-order chi connectivity index (χ1) is 9.47. The number of benzene rings is 1. The summed E-state index contributed by atoms with van der Waals surface area (Å²) in [5, 5.41) is 11.5. The van der Waals surface area contributed by atoms with E-state index in [0.717, 1.165) is 31.7 Å². The summed E-state index contributed by atoms with van der Waals surface area (Å²) in [4.78, 5) is 4.74. The molecular formula is C15H22Cl2N2O. The lowest BCUT2D eigenvalue weighted by molar-refractivity contribution is 0.0621. The maximum atomic E-state index is 10.3. The van der Waals surface area contributed by atoms with Gasteiger partial charge in [-0.05, 0) is 26.0 Å². The van der Waals surface area contributed by atoms with Crippen molar-refractivity contribution in [2.45, 2.75) is 26.0 Å². The second-order valence-corrected chi connectivity index (χ2v) is 6.46. The molecule has 0 aromatic heterocycles. The summed E-state index contributed by atoms with van der Waals surface area (Å²) in [6.45, 7) is 9.14. The molecule has 1 aromatic rings. The van der Waals surface area contributed by atoms with Crippen LogP contribution in [-0.4, -0.2) is 53.7 Å². The van der Waals surface area contributed by atoms with Crippen LogP contribution in [0.3, 0.4) is 0 Å². The third-order valence-corrected chi connectivity index (χ3v) is 4.45. The van der Waals surface area contributed by atoms with E-state index in [4.69, 9.17) is 23.2 Å². The number of hydrogen-bond donors (Lipinski definition) is 1. The second kappa shape index (κ2) is 7.10. The van der Waals surface area contributed by atoms with Crippen LogP contribution in [0, 0.1) is 0 Å². The van der Waals surface area contributed by atoms with Crippen molar-refractivity contribution in [1.29, 1.82) is 0 Å². The number of hydrogen-bond acceptors (Lipinski definition) is 3. The highest BCUT2D eigenvalue weighted by atomic mass is 35.5. The summed E-state index contributed by atoms with van der Waals surface area (Å²) < 4.78 is 0. The van der Waals surface area contributed by atoms with Crippen molar-refractivity contribution >= 4 is 23.2 Å². The highest BCUT2D eigenvalue weighted by Gasteiger charge is 2.22. The lowest BCUT2D eigenvalue weighted by atomic mass is 10.1. The van der Waals surface area contributed by atoms with Crippen molar-refractivity contribution in [1.82, 2.24) is 9.80 Å². The number of halogens is 2. The van der Waals surface area contributed by atoms with Crippen molar-refractivity contribution in [3.63, 3.8) is 0 Å². The number of rotatable bonds is 4. The van der Waals surface area contributed by atoms with E-state index in [-0.39, 0.29) is 0 Å². The van der Waals surface area contributed by atoms with E-state index in [1.165, 1.54) is 0 Å². The molecule has 0 amide bonds. The Morgan fingerprint density at radius 1 is 1.15 bits per heavy atom. The zero-order chi connectivity index (χ0) is 14.7. The zero-order valence-corrected chi connectivity index (χ0v) is 13.5. The highest BCUT2D eigenvalue weighted by Crippen LogP contribution is 2.27. The third kappa shape index (κ3) is 4.09. The van der Waals surface area contributed by atoms with Gasteiger partial charge in [0.25, 0.3) is 0 Å². The summed E-state index contributed by atoms with van der Waals surface area (Å²) >= 11 is 12.0. The molecule has 0 spiro atoms. The fourth-order valence-corrected chi connectivity index (χ4v) is 3.11. The summed E-state index contributed by atoms with van der Waals surface area (Å²) in [7, 11) is 0. The van der Waals surface area contributed by atoms with Crippen molar-refractivity contribution in [3.8, 4) is 0 Å². The Kier molecular flexibility index (Phi) is 5.70. The molecule has 112 valence electrons. The van der Waals surface area contributed by atoms with Crippen LogP contribution in [0.15, 0.2) is 18.2 Å². The van der Waals surface area contributed by atoms with Gasteiger partial charge >= 0.3 is 0 Å². The van der Waals surface area contributed by atoms with Gasteiger partial charge in [-0.15, -0.1) is 0 Å². The fraction of sp³-hybridized carbons (Fsp3) is 0.600. The van der Waals surface area contributed by atoms with Gasteiger partial charge in [0.1, 0.15) is 0 Å². The largest absolute Gasteiger partial charge is 0.387 e. The summed E-state index contributed by atoms with van der Waals surface area (Å²) in [6.07, 6.45) is -0.564. The van der Waals surface area contributed by atoms with Crippen LogP contribution in [0.25, 0.3) is 0 Å². The van der Waals surface area contributed by atoms with E-state index in [1.807, 2.05) is 0 Å². The zero-order valence-electron chi connectivity index (χ0n) is 12.0. The molecule has 0 saturated carbocycles. The lowest BCUT2D eigenvalue weighted by Gasteiger charge is -2.37. The fourth-order valence-electron chi connectivity index (χ4n) is 2.58. The SMILES string of the molecule is CC(C)N1CCN(CC(O)c2ccc(Cl)cc2Cl)CC1. The van der Waals surface area contributed by atoms with E-state index in [0.29, 0.717) is 22.6 Å². The van der Waals surface area contributed by atoms with Crippen LogP contribution in [-0.2, 0) is 0 Å². The maximum Gasteiger partial charge on any atom is 0.0931 e. The van der Waals surface area contributed by atoms with Gasteiger partial charge < -0.3 is 5.11 Å². The van der Waals surface area contributed by atoms with Crippen molar-refractivity contribution in [3.05, 3.63) is 33.8 Å². The minimum Gasteiger partial charge on any atom is -0.387 e. The monoisotopic (exact) mass is 316 g/mol. The number of β-amino-alcohol motifs (C(OH)–C–C–N with tert-alkyl or cyclic N) is 1. The molecule has 3 nitrogen and oxygen atoms in total. The molecule has 1 unspecified atom stereocenters. The van der Waals surface area contributed by atoms with Crippen LogP contribution < -0.4 is 0 Å². The van der Waals surface area contributed by atoms with Crippen molar-refractivity contribution in [2.24, 2.45) is 0 Å². The van der Waals surface area contributed by atoms with Gasteiger partial charge in [-0.3, -0.25) is 9.80 Å². The molecule has 1 saturated heterocycles. The van der Waals surface area contributed by atoms with Gasteiger partial charge in [-0.1, -0.05) is 29.3 Å². The molecule has 1 fully saturated rings. The molecule has 1 heterocycles. The number of aliphatic hydroxyl groups excluding tert-OH is 1. The molecule has 1 aliphatic rings. The minimum absolute atomic E-state index is 0.533. The average Bonchev–Trinajstić information content (AvgIpc) is 2.39. The summed E-state index contributed by atoms with van der Waals surface area (Å²) in [5.41, 5.74) is 0.752. The normalized spacial score (nSPS) is 19.5. The predicted octanol–water partition coefficient (Wildman–Crippen LogP) is 3.05. The topological polar surface area (TPSA) is 26.7 Å². The Labute approximate surface area is 131 Å². The van der Waals surface area contributed by atoms with Gasteiger partial charge in [0.15, 0.2) is 0 Å². The number of piperazine rings is 1. The molecule has 20 heavy (non-hydrogen) atoms. The Morgan fingerprint density at radius 3 is 2.35 bits per heavy atom. The Morgan fingerprint density at radius 2 is 1.80 bits per heavy atom. The summed E-state index contributed by atoms with van der Waals surface area (Å²) in [6, 6.07) is 5.84. The molecule has 1 aromatic carbocycles. The molecule has 0 aliphatic carbocycles. The Hall–Kier alpha value is -0.320. The van der Waals surface area contributed by atoms with Crippen molar-refractivity contribution < 1.29 is 5.11 Å². The highest BCUT2D eigenvalue weighted by molar-refractivity contribution is 6.35. The first-order valence-electron chi connectivity index (χ1n) is 7.07. The van der Waals surface area contributed by atoms with Gasteiger partial charge in [0, 0.05) is 54.4 Å². The first-order valence-corrected chi connectivity index (χ1v) is 7.82. The quantitative estimate of drug-likeness (QED) is 0.925. The average molecular weight is 317 g/mol. The van der Waals surface area contributed by atoms with E-state index >= 15 is 0 Å². The van der Waals surface area contributed by atoms with Gasteiger partial charge in [0.2, 0.25) is 0 Å². The molecule has 2 rings (SSSR count). The number of nitrogens with zero attached hydrogens (tertiary/aromatic N) is 2. The molecule has 5 heteroatoms.